The molecule has 0 unspecified atom stereocenters. The van der Waals surface area contributed by atoms with Crippen molar-refractivity contribution in [3.8, 4) is 0 Å². The minimum absolute atomic E-state index is 0.936. The molecule has 0 atom stereocenters. The quantitative estimate of drug-likeness (QED) is 0.329. The molecule has 0 aromatic carbocycles. The summed E-state index contributed by atoms with van der Waals surface area (Å²) < 4.78 is 7.98. The van der Waals surface area contributed by atoms with Crippen LogP contribution in [0, 0.1) is 0 Å². The Morgan fingerprint density at radius 2 is 1.14 bits per heavy atom. The van der Waals surface area contributed by atoms with Gasteiger partial charge in [0.25, 0.3) is 0 Å². The number of quaternary nitrogens is 2. The van der Waals surface area contributed by atoms with Crippen molar-refractivity contribution in [1.29, 1.82) is 0 Å². The lowest BCUT2D eigenvalue weighted by Gasteiger charge is -2.31. The van der Waals surface area contributed by atoms with E-state index < -0.39 is 0 Å². The fourth-order valence-electron chi connectivity index (χ4n) is 2.77. The Kier molecular flexibility index (Phi) is 12.3. The second kappa shape index (κ2) is 12.3. The summed E-state index contributed by atoms with van der Waals surface area (Å²) in [5, 5.41) is 0. The van der Waals surface area contributed by atoms with Gasteiger partial charge >= 0.3 is 0 Å². The first-order chi connectivity index (χ1) is 10.3. The van der Waals surface area contributed by atoms with Crippen molar-refractivity contribution in [2.75, 3.05) is 68.1 Å². The highest BCUT2D eigenvalue weighted by atomic mass is 16.5. The molecule has 0 radical (unpaired) electrons. The average molecular weight is 317 g/mol. The molecule has 0 spiro atoms. The molecular formula is C19H44N2O+2. The number of hydrogen-bond acceptors (Lipinski definition) is 1. The summed E-state index contributed by atoms with van der Waals surface area (Å²) in [5.41, 5.74) is 0. The van der Waals surface area contributed by atoms with Crippen molar-refractivity contribution in [2.24, 2.45) is 0 Å². The van der Waals surface area contributed by atoms with E-state index in [2.05, 4.69) is 42.2 Å². The Bertz CT molecular complexity index is 246. The zero-order chi connectivity index (χ0) is 16.9. The Labute approximate surface area is 140 Å². The number of unbranched alkanes of at least 4 members (excludes halogenated alkanes) is 5. The molecule has 0 N–H and O–H groups in total. The number of hydrogen-bond donors (Lipinski definition) is 0. The van der Waals surface area contributed by atoms with Crippen LogP contribution in [0.1, 0.15) is 58.3 Å². The van der Waals surface area contributed by atoms with Gasteiger partial charge in [-0.05, 0) is 6.42 Å². The van der Waals surface area contributed by atoms with Crippen LogP contribution in [0.5, 0.6) is 0 Å². The van der Waals surface area contributed by atoms with Crippen molar-refractivity contribution in [3.63, 3.8) is 0 Å². The normalized spacial score (nSPS) is 12.8. The second-order valence-corrected chi connectivity index (χ2v) is 8.48. The van der Waals surface area contributed by atoms with Crippen molar-refractivity contribution in [3.05, 3.63) is 0 Å². The fraction of sp³-hybridized carbons (Fsp3) is 1.00. The summed E-state index contributed by atoms with van der Waals surface area (Å²) in [6, 6.07) is 0. The van der Waals surface area contributed by atoms with E-state index in [1.54, 1.807) is 0 Å². The van der Waals surface area contributed by atoms with Crippen LogP contribution in [0.15, 0.2) is 0 Å². The van der Waals surface area contributed by atoms with E-state index in [4.69, 9.17) is 4.74 Å². The Hall–Kier alpha value is -0.120. The van der Waals surface area contributed by atoms with Crippen LogP contribution in [0.25, 0.3) is 0 Å². The van der Waals surface area contributed by atoms with Gasteiger partial charge in [0.15, 0.2) is 0 Å². The number of nitrogens with zero attached hydrogens (tertiary/aromatic N) is 2. The Morgan fingerprint density at radius 1 is 0.591 bits per heavy atom. The molecule has 22 heavy (non-hydrogen) atoms. The van der Waals surface area contributed by atoms with E-state index in [9.17, 15) is 0 Å². The Morgan fingerprint density at radius 3 is 1.77 bits per heavy atom. The first-order valence-electron chi connectivity index (χ1n) is 9.47. The van der Waals surface area contributed by atoms with Crippen molar-refractivity contribution >= 4 is 0 Å². The van der Waals surface area contributed by atoms with E-state index in [1.807, 2.05) is 0 Å². The molecule has 3 heteroatoms. The average Bonchev–Trinajstić information content (AvgIpc) is 2.39. The maximum absolute atomic E-state index is 5.78. The largest absolute Gasteiger partial charge is 0.381 e. The summed E-state index contributed by atoms with van der Waals surface area (Å²) >= 11 is 0. The van der Waals surface area contributed by atoms with Crippen LogP contribution in [-0.2, 0) is 4.74 Å². The highest BCUT2D eigenvalue weighted by Crippen LogP contribution is 2.06. The lowest BCUT2D eigenvalue weighted by Crippen LogP contribution is -2.44. The first kappa shape index (κ1) is 21.9. The number of rotatable bonds is 15. The van der Waals surface area contributed by atoms with Gasteiger partial charge in [-0.2, -0.15) is 0 Å². The molecule has 0 aromatic rings. The molecular weight excluding hydrogens is 272 g/mol. The van der Waals surface area contributed by atoms with Gasteiger partial charge in [0.05, 0.1) is 61.5 Å². The maximum atomic E-state index is 5.78. The molecule has 0 aliphatic heterocycles. The van der Waals surface area contributed by atoms with Gasteiger partial charge in [0, 0.05) is 19.4 Å². The van der Waals surface area contributed by atoms with E-state index in [-0.39, 0.29) is 0 Å². The topological polar surface area (TPSA) is 9.23 Å². The van der Waals surface area contributed by atoms with E-state index in [1.165, 1.54) is 71.0 Å². The maximum Gasteiger partial charge on any atom is 0.0836 e. The second-order valence-electron chi connectivity index (χ2n) is 8.48. The van der Waals surface area contributed by atoms with Crippen molar-refractivity contribution in [2.45, 2.75) is 58.3 Å². The summed E-state index contributed by atoms with van der Waals surface area (Å²) in [5.74, 6) is 0. The molecule has 0 fully saturated rings. The molecule has 0 aliphatic carbocycles. The zero-order valence-electron chi connectivity index (χ0n) is 16.5. The van der Waals surface area contributed by atoms with E-state index >= 15 is 0 Å². The van der Waals surface area contributed by atoms with Gasteiger partial charge in [-0.1, -0.05) is 39.0 Å². The van der Waals surface area contributed by atoms with Gasteiger partial charge in [-0.3, -0.25) is 0 Å². The van der Waals surface area contributed by atoms with Crippen molar-refractivity contribution in [1.82, 2.24) is 0 Å². The smallest absolute Gasteiger partial charge is 0.0836 e. The molecule has 3 nitrogen and oxygen atoms in total. The lowest BCUT2D eigenvalue weighted by molar-refractivity contribution is -0.902. The first-order valence-corrected chi connectivity index (χ1v) is 9.47. The summed E-state index contributed by atoms with van der Waals surface area (Å²) in [6.07, 6.45) is 10.6. The molecule has 0 bridgehead atoms. The van der Waals surface area contributed by atoms with Crippen LogP contribution in [-0.4, -0.2) is 77.1 Å². The van der Waals surface area contributed by atoms with Gasteiger partial charge in [-0.15, -0.1) is 0 Å². The summed E-state index contributed by atoms with van der Waals surface area (Å²) in [4.78, 5) is 0. The number of ether oxygens (including phenoxy) is 1. The van der Waals surface area contributed by atoms with Crippen LogP contribution in [0.2, 0.25) is 0 Å². The SMILES string of the molecule is CCCCCCCCOCCC[N+](C)(C)CCC[N+](C)(C)C. The minimum Gasteiger partial charge on any atom is -0.381 e. The molecule has 0 rings (SSSR count). The van der Waals surface area contributed by atoms with Gasteiger partial charge in [0.1, 0.15) is 0 Å². The van der Waals surface area contributed by atoms with Crippen LogP contribution in [0.3, 0.4) is 0 Å². The summed E-state index contributed by atoms with van der Waals surface area (Å²) in [7, 11) is 11.5. The minimum atomic E-state index is 0.936. The third-order valence-corrected chi connectivity index (χ3v) is 4.29. The molecule has 0 heterocycles. The van der Waals surface area contributed by atoms with Crippen LogP contribution >= 0.6 is 0 Å². The predicted molar refractivity (Wildman–Crippen MR) is 98.2 cm³/mol. The highest BCUT2D eigenvalue weighted by molar-refractivity contribution is 4.44. The van der Waals surface area contributed by atoms with Gasteiger partial charge < -0.3 is 13.7 Å². The third kappa shape index (κ3) is 16.3. The van der Waals surface area contributed by atoms with E-state index in [0.29, 0.717) is 0 Å². The molecule has 0 aliphatic rings. The Balaban J connectivity index is 3.41. The van der Waals surface area contributed by atoms with E-state index in [0.717, 1.165) is 22.2 Å². The lowest BCUT2D eigenvalue weighted by atomic mass is 10.1. The molecule has 0 saturated carbocycles. The predicted octanol–water partition coefficient (Wildman–Crippen LogP) is 3.93. The standard InChI is InChI=1S/C19H44N2O/c1-7-8-9-10-11-12-18-22-19-14-17-21(5,6)16-13-15-20(2,3)4/h7-19H2,1-6H3/q+2. The summed E-state index contributed by atoms with van der Waals surface area (Å²) in [6.45, 7) is 7.93. The fourth-order valence-corrected chi connectivity index (χ4v) is 2.77. The zero-order valence-corrected chi connectivity index (χ0v) is 16.5. The molecule has 0 aromatic heterocycles. The third-order valence-electron chi connectivity index (χ3n) is 4.29. The molecule has 0 amide bonds. The van der Waals surface area contributed by atoms with Crippen LogP contribution in [0.4, 0.5) is 0 Å². The van der Waals surface area contributed by atoms with Gasteiger partial charge in [-0.25, -0.2) is 0 Å². The van der Waals surface area contributed by atoms with Gasteiger partial charge in [0.2, 0.25) is 0 Å². The molecule has 134 valence electrons. The molecule has 0 saturated heterocycles. The monoisotopic (exact) mass is 316 g/mol. The highest BCUT2D eigenvalue weighted by Gasteiger charge is 2.16. The van der Waals surface area contributed by atoms with Crippen LogP contribution < -0.4 is 0 Å². The van der Waals surface area contributed by atoms with Crippen molar-refractivity contribution < 1.29 is 13.7 Å².